The molecule has 3 N–H and O–H groups in total. The maximum absolute atomic E-state index is 9.29. The molecule has 17 heavy (non-hydrogen) atoms. The Kier molecular flexibility index (Phi) is 3.84. The molecule has 1 aromatic carbocycles. The molecule has 0 bridgehead atoms. The van der Waals surface area contributed by atoms with Crippen molar-refractivity contribution in [3.05, 3.63) is 35.9 Å². The number of benzene rings is 1. The van der Waals surface area contributed by atoms with Crippen LogP contribution in [-0.2, 0) is 4.84 Å². The third kappa shape index (κ3) is 2.69. The lowest BCUT2D eigenvalue weighted by molar-refractivity contribution is 0.0464. The maximum atomic E-state index is 9.29. The van der Waals surface area contributed by atoms with Gasteiger partial charge in [-0.15, -0.1) is 0 Å². The van der Waals surface area contributed by atoms with E-state index in [0.717, 1.165) is 24.1 Å². The van der Waals surface area contributed by atoms with Crippen molar-refractivity contribution >= 4 is 18.3 Å². The summed E-state index contributed by atoms with van der Waals surface area (Å²) < 4.78 is 0. The van der Waals surface area contributed by atoms with Crippen molar-refractivity contribution in [1.29, 1.82) is 0 Å². The van der Waals surface area contributed by atoms with Crippen LogP contribution >= 0.6 is 0 Å². The van der Waals surface area contributed by atoms with E-state index >= 15 is 0 Å². The molecule has 1 unspecified atom stereocenters. The Hall–Kier alpha value is -1.30. The van der Waals surface area contributed by atoms with E-state index in [9.17, 15) is 10.0 Å². The molecule has 90 valence electrons. The molecule has 1 aliphatic rings. The van der Waals surface area contributed by atoms with Gasteiger partial charge in [0, 0.05) is 0 Å². The number of hydroxylamine groups is 1. The molecule has 1 heterocycles. The minimum Gasteiger partial charge on any atom is -0.423 e. The molecule has 5 heteroatoms. The van der Waals surface area contributed by atoms with E-state index < -0.39 is 7.12 Å². The van der Waals surface area contributed by atoms with Gasteiger partial charge in [-0.2, -0.15) is 0 Å². The van der Waals surface area contributed by atoms with Crippen LogP contribution in [0.15, 0.2) is 30.3 Å². The Morgan fingerprint density at radius 2 is 2.12 bits per heavy atom. The zero-order valence-electron chi connectivity index (χ0n) is 9.76. The summed E-state index contributed by atoms with van der Waals surface area (Å²) in [6.07, 6.45) is 4.02. The van der Waals surface area contributed by atoms with Gasteiger partial charge in [0.15, 0.2) is 0 Å². The first kappa shape index (κ1) is 12.2. The van der Waals surface area contributed by atoms with Crippen molar-refractivity contribution in [2.24, 2.45) is 0 Å². The van der Waals surface area contributed by atoms with Crippen LogP contribution in [-0.4, -0.2) is 23.3 Å². The van der Waals surface area contributed by atoms with Crippen molar-refractivity contribution in [2.75, 3.05) is 0 Å². The molecule has 1 aliphatic heterocycles. The van der Waals surface area contributed by atoms with E-state index in [0.29, 0.717) is 5.46 Å². The smallest absolute Gasteiger partial charge is 0.423 e. The molecule has 1 aromatic rings. The Balaban J connectivity index is 2.26. The molecule has 2 rings (SSSR count). The zero-order chi connectivity index (χ0) is 12.3. The Morgan fingerprint density at radius 1 is 1.35 bits per heavy atom. The lowest BCUT2D eigenvalue weighted by Gasteiger charge is -2.09. The Bertz CT molecular complexity index is 420. The highest BCUT2D eigenvalue weighted by Crippen LogP contribution is 2.19. The van der Waals surface area contributed by atoms with Gasteiger partial charge in [0.25, 0.3) is 0 Å². The fourth-order valence-corrected chi connectivity index (χ4v) is 1.93. The van der Waals surface area contributed by atoms with E-state index in [1.165, 1.54) is 0 Å². The largest absolute Gasteiger partial charge is 0.489 e. The van der Waals surface area contributed by atoms with Gasteiger partial charge in [-0.1, -0.05) is 37.6 Å². The summed E-state index contributed by atoms with van der Waals surface area (Å²) in [6, 6.07) is 7.16. The SMILES string of the molecule is CCCC1C=C(c2ccccc2B(O)O)NO1. The first-order valence-corrected chi connectivity index (χ1v) is 5.81. The minimum absolute atomic E-state index is 0.0545. The van der Waals surface area contributed by atoms with Gasteiger partial charge in [0.05, 0.1) is 5.70 Å². The van der Waals surface area contributed by atoms with Gasteiger partial charge >= 0.3 is 7.12 Å². The van der Waals surface area contributed by atoms with Gasteiger partial charge < -0.3 is 10.0 Å². The van der Waals surface area contributed by atoms with Gasteiger partial charge in [-0.3, -0.25) is 10.3 Å². The molecule has 1 atom stereocenters. The van der Waals surface area contributed by atoms with Gasteiger partial charge in [0.2, 0.25) is 0 Å². The van der Waals surface area contributed by atoms with Crippen LogP contribution in [0.2, 0.25) is 0 Å². The van der Waals surface area contributed by atoms with E-state index in [1.54, 1.807) is 12.1 Å². The van der Waals surface area contributed by atoms with E-state index in [1.807, 2.05) is 18.2 Å². The second kappa shape index (κ2) is 5.36. The molecular formula is C12H16BNO3. The standard InChI is InChI=1S/C12H16BNO3/c1-2-5-9-8-12(14-17-9)10-6-3-4-7-11(10)13(15)16/h3-4,6-9,14-16H,2,5H2,1H3. The van der Waals surface area contributed by atoms with Crippen LogP contribution < -0.4 is 10.9 Å². The third-order valence-corrected chi connectivity index (χ3v) is 2.78. The summed E-state index contributed by atoms with van der Waals surface area (Å²) >= 11 is 0. The Labute approximate surface area is 101 Å². The third-order valence-electron chi connectivity index (χ3n) is 2.78. The summed E-state index contributed by atoms with van der Waals surface area (Å²) in [6.45, 7) is 2.10. The van der Waals surface area contributed by atoms with Crippen LogP contribution in [0.25, 0.3) is 5.70 Å². The van der Waals surface area contributed by atoms with Gasteiger partial charge in [-0.05, 0) is 23.5 Å². The summed E-state index contributed by atoms with van der Waals surface area (Å²) in [5.41, 5.74) is 4.88. The summed E-state index contributed by atoms with van der Waals surface area (Å²) in [4.78, 5) is 5.39. The van der Waals surface area contributed by atoms with Crippen molar-refractivity contribution in [2.45, 2.75) is 25.9 Å². The lowest BCUT2D eigenvalue weighted by Crippen LogP contribution is -2.33. The number of hydrogen-bond acceptors (Lipinski definition) is 4. The van der Waals surface area contributed by atoms with Crippen molar-refractivity contribution in [1.82, 2.24) is 5.48 Å². The van der Waals surface area contributed by atoms with Crippen LogP contribution in [0.1, 0.15) is 25.3 Å². The molecule has 0 saturated heterocycles. The minimum atomic E-state index is -1.47. The van der Waals surface area contributed by atoms with Crippen LogP contribution in [0.3, 0.4) is 0 Å². The highest BCUT2D eigenvalue weighted by atomic mass is 16.7. The first-order valence-electron chi connectivity index (χ1n) is 5.81. The second-order valence-electron chi connectivity index (χ2n) is 4.09. The molecule has 0 fully saturated rings. The summed E-state index contributed by atoms with van der Waals surface area (Å²) in [5, 5.41) is 18.6. The average Bonchev–Trinajstić information content (AvgIpc) is 2.78. The molecule has 0 aliphatic carbocycles. The fourth-order valence-electron chi connectivity index (χ4n) is 1.93. The lowest BCUT2D eigenvalue weighted by atomic mass is 9.76. The molecule has 4 nitrogen and oxygen atoms in total. The highest BCUT2D eigenvalue weighted by molar-refractivity contribution is 6.59. The number of hydrogen-bond donors (Lipinski definition) is 3. The van der Waals surface area contributed by atoms with Crippen LogP contribution in [0, 0.1) is 0 Å². The molecule has 0 amide bonds. The zero-order valence-corrected chi connectivity index (χ0v) is 9.76. The quantitative estimate of drug-likeness (QED) is 0.659. The van der Waals surface area contributed by atoms with Crippen molar-refractivity contribution in [3.63, 3.8) is 0 Å². The monoisotopic (exact) mass is 233 g/mol. The highest BCUT2D eigenvalue weighted by Gasteiger charge is 2.22. The predicted octanol–water partition coefficient (Wildman–Crippen LogP) is 0.411. The normalized spacial score (nSPS) is 18.8. The Morgan fingerprint density at radius 3 is 2.82 bits per heavy atom. The molecule has 0 spiro atoms. The molecule has 0 saturated carbocycles. The van der Waals surface area contributed by atoms with Crippen molar-refractivity contribution < 1.29 is 14.9 Å². The van der Waals surface area contributed by atoms with Crippen LogP contribution in [0.4, 0.5) is 0 Å². The average molecular weight is 233 g/mol. The van der Waals surface area contributed by atoms with Crippen LogP contribution in [0.5, 0.6) is 0 Å². The van der Waals surface area contributed by atoms with E-state index in [4.69, 9.17) is 4.84 Å². The van der Waals surface area contributed by atoms with E-state index in [-0.39, 0.29) is 6.10 Å². The molecule has 0 radical (unpaired) electrons. The van der Waals surface area contributed by atoms with Gasteiger partial charge in [-0.25, -0.2) is 0 Å². The number of nitrogens with one attached hydrogen (secondary N) is 1. The molecule has 0 aromatic heterocycles. The molecular weight excluding hydrogens is 217 g/mol. The van der Waals surface area contributed by atoms with Crippen molar-refractivity contribution in [3.8, 4) is 0 Å². The van der Waals surface area contributed by atoms with Gasteiger partial charge in [0.1, 0.15) is 6.10 Å². The summed E-state index contributed by atoms with van der Waals surface area (Å²) in [5.74, 6) is 0. The topological polar surface area (TPSA) is 61.7 Å². The maximum Gasteiger partial charge on any atom is 0.489 e. The summed E-state index contributed by atoms with van der Waals surface area (Å²) in [7, 11) is -1.47. The fraction of sp³-hybridized carbons (Fsp3) is 0.333. The first-order chi connectivity index (χ1) is 8.22. The predicted molar refractivity (Wildman–Crippen MR) is 67.2 cm³/mol. The second-order valence-corrected chi connectivity index (χ2v) is 4.09. The van der Waals surface area contributed by atoms with E-state index in [2.05, 4.69) is 12.4 Å². The number of rotatable bonds is 4.